The Morgan fingerprint density at radius 3 is 2.15 bits per heavy atom. The van der Waals surface area contributed by atoms with Crippen LogP contribution in [0.25, 0.3) is 0 Å². The van der Waals surface area contributed by atoms with E-state index >= 15 is 0 Å². The quantitative estimate of drug-likeness (QED) is 0.744. The molecule has 0 heterocycles. The van der Waals surface area contributed by atoms with Crippen molar-refractivity contribution in [3.05, 3.63) is 35.4 Å². The van der Waals surface area contributed by atoms with Crippen LogP contribution in [0.5, 0.6) is 0 Å². The Bertz CT molecular complexity index is 251. The van der Waals surface area contributed by atoms with E-state index in [9.17, 15) is 5.11 Å². The van der Waals surface area contributed by atoms with Crippen LogP contribution in [0.3, 0.4) is 0 Å². The second-order valence-corrected chi connectivity index (χ2v) is 3.51. The van der Waals surface area contributed by atoms with E-state index in [0.717, 1.165) is 5.56 Å². The number of aryl methyl sites for hydroxylation is 1. The highest BCUT2D eigenvalue weighted by Gasteiger charge is 2.09. The van der Waals surface area contributed by atoms with E-state index in [-0.39, 0.29) is 0 Å². The van der Waals surface area contributed by atoms with E-state index in [1.165, 1.54) is 5.56 Å². The first-order valence-electron chi connectivity index (χ1n) is 4.52. The van der Waals surface area contributed by atoms with Crippen molar-refractivity contribution in [3.63, 3.8) is 0 Å². The average molecular weight is 180 g/mol. The third kappa shape index (κ3) is 3.17. The lowest BCUT2D eigenvalue weighted by molar-refractivity contribution is 0.0907. The molecule has 72 valence electrons. The van der Waals surface area contributed by atoms with Crippen molar-refractivity contribution in [2.75, 3.05) is 0 Å². The molecule has 0 fully saturated rings. The summed E-state index contributed by atoms with van der Waals surface area (Å²) in [5.74, 6) is 0. The van der Waals surface area contributed by atoms with Gasteiger partial charge in [-0.3, -0.25) is 0 Å². The molecule has 1 aromatic rings. The van der Waals surface area contributed by atoms with Crippen molar-refractivity contribution < 1.29 is 10.2 Å². The molecule has 0 bridgehead atoms. The van der Waals surface area contributed by atoms with Gasteiger partial charge in [0.05, 0.1) is 12.2 Å². The molecule has 0 aliphatic carbocycles. The van der Waals surface area contributed by atoms with Crippen LogP contribution >= 0.6 is 0 Å². The smallest absolute Gasteiger partial charge is 0.0814 e. The normalized spacial score (nSPS) is 15.4. The monoisotopic (exact) mass is 180 g/mol. The minimum Gasteiger partial charge on any atom is -0.393 e. The lowest BCUT2D eigenvalue weighted by Gasteiger charge is -2.12. The molecule has 1 aromatic carbocycles. The fourth-order valence-corrected chi connectivity index (χ4v) is 1.25. The van der Waals surface area contributed by atoms with Gasteiger partial charge >= 0.3 is 0 Å². The first-order valence-corrected chi connectivity index (χ1v) is 4.52. The summed E-state index contributed by atoms with van der Waals surface area (Å²) in [4.78, 5) is 0. The van der Waals surface area contributed by atoms with Gasteiger partial charge in [-0.2, -0.15) is 0 Å². The second-order valence-electron chi connectivity index (χ2n) is 3.51. The highest BCUT2D eigenvalue weighted by molar-refractivity contribution is 5.23. The minimum atomic E-state index is -0.555. The second kappa shape index (κ2) is 4.40. The molecule has 0 radical (unpaired) electrons. The Balaban J connectivity index is 2.66. The SMILES string of the molecule is Cc1ccc([C@@H](O)C[C@@H](C)O)cc1. The molecule has 2 nitrogen and oxygen atoms in total. The molecule has 0 saturated carbocycles. The summed E-state index contributed by atoms with van der Waals surface area (Å²) in [5.41, 5.74) is 2.04. The van der Waals surface area contributed by atoms with E-state index in [1.807, 2.05) is 31.2 Å². The summed E-state index contributed by atoms with van der Waals surface area (Å²) in [5, 5.41) is 18.7. The van der Waals surface area contributed by atoms with Gasteiger partial charge in [0.1, 0.15) is 0 Å². The molecule has 1 rings (SSSR count). The van der Waals surface area contributed by atoms with E-state index in [1.54, 1.807) is 6.92 Å². The van der Waals surface area contributed by atoms with Crippen LogP contribution < -0.4 is 0 Å². The Labute approximate surface area is 78.8 Å². The molecule has 0 aliphatic rings. The number of aliphatic hydroxyl groups excluding tert-OH is 2. The molecule has 0 unspecified atom stereocenters. The van der Waals surface area contributed by atoms with E-state index < -0.39 is 12.2 Å². The van der Waals surface area contributed by atoms with E-state index in [2.05, 4.69) is 0 Å². The fraction of sp³-hybridized carbons (Fsp3) is 0.455. The third-order valence-electron chi connectivity index (χ3n) is 2.03. The lowest BCUT2D eigenvalue weighted by Crippen LogP contribution is -2.07. The van der Waals surface area contributed by atoms with Crippen molar-refractivity contribution >= 4 is 0 Å². The van der Waals surface area contributed by atoms with Crippen LogP contribution in [0, 0.1) is 6.92 Å². The summed E-state index contributed by atoms with van der Waals surface area (Å²) in [6.07, 6.45) is -0.625. The molecular formula is C11H16O2. The van der Waals surface area contributed by atoms with Gasteiger partial charge in [-0.05, 0) is 19.4 Å². The molecule has 2 N–H and O–H groups in total. The number of hydrogen-bond acceptors (Lipinski definition) is 2. The van der Waals surface area contributed by atoms with Crippen molar-refractivity contribution in [2.45, 2.75) is 32.5 Å². The van der Waals surface area contributed by atoms with Crippen LogP contribution in [0.4, 0.5) is 0 Å². The molecule has 0 spiro atoms. The summed E-state index contributed by atoms with van der Waals surface area (Å²) >= 11 is 0. The Morgan fingerprint density at radius 1 is 1.15 bits per heavy atom. The minimum absolute atomic E-state index is 0.392. The number of rotatable bonds is 3. The first-order chi connectivity index (χ1) is 6.09. The van der Waals surface area contributed by atoms with Crippen molar-refractivity contribution in [1.29, 1.82) is 0 Å². The standard InChI is InChI=1S/C11H16O2/c1-8-3-5-10(6-4-8)11(13)7-9(2)12/h3-6,9,11-13H,7H2,1-2H3/t9-,11+/m1/s1. The van der Waals surface area contributed by atoms with Gasteiger partial charge in [-0.15, -0.1) is 0 Å². The summed E-state index contributed by atoms with van der Waals surface area (Å²) in [6.45, 7) is 3.68. The first kappa shape index (κ1) is 10.2. The topological polar surface area (TPSA) is 40.5 Å². The van der Waals surface area contributed by atoms with E-state index in [4.69, 9.17) is 5.11 Å². The van der Waals surface area contributed by atoms with Gasteiger partial charge in [0.2, 0.25) is 0 Å². The Morgan fingerprint density at radius 2 is 1.69 bits per heavy atom. The Hall–Kier alpha value is -0.860. The highest BCUT2D eigenvalue weighted by atomic mass is 16.3. The van der Waals surface area contributed by atoms with Crippen molar-refractivity contribution in [1.82, 2.24) is 0 Å². The zero-order valence-electron chi connectivity index (χ0n) is 8.07. The van der Waals surface area contributed by atoms with Gasteiger partial charge in [0.25, 0.3) is 0 Å². The lowest BCUT2D eigenvalue weighted by atomic mass is 10.0. The molecule has 13 heavy (non-hydrogen) atoms. The van der Waals surface area contributed by atoms with Gasteiger partial charge < -0.3 is 10.2 Å². The molecule has 0 aliphatic heterocycles. The largest absolute Gasteiger partial charge is 0.393 e. The van der Waals surface area contributed by atoms with Crippen LogP contribution in [0.2, 0.25) is 0 Å². The highest BCUT2D eigenvalue weighted by Crippen LogP contribution is 2.18. The van der Waals surface area contributed by atoms with Crippen LogP contribution in [0.1, 0.15) is 30.6 Å². The molecule has 0 aromatic heterocycles. The van der Waals surface area contributed by atoms with Crippen LogP contribution in [-0.2, 0) is 0 Å². The summed E-state index contributed by atoms with van der Waals surface area (Å²) < 4.78 is 0. The van der Waals surface area contributed by atoms with Gasteiger partial charge in [0.15, 0.2) is 0 Å². The molecule has 0 saturated heterocycles. The van der Waals surface area contributed by atoms with Crippen LogP contribution in [0.15, 0.2) is 24.3 Å². The summed E-state index contributed by atoms with van der Waals surface area (Å²) in [7, 11) is 0. The molecular weight excluding hydrogens is 164 g/mol. The summed E-state index contributed by atoms with van der Waals surface area (Å²) in [6, 6.07) is 7.70. The molecule has 0 amide bonds. The van der Waals surface area contributed by atoms with Crippen molar-refractivity contribution in [2.24, 2.45) is 0 Å². The molecule has 2 heteroatoms. The molecule has 2 atom stereocenters. The van der Waals surface area contributed by atoms with Crippen molar-refractivity contribution in [3.8, 4) is 0 Å². The maximum atomic E-state index is 9.62. The van der Waals surface area contributed by atoms with Gasteiger partial charge in [-0.1, -0.05) is 29.8 Å². The van der Waals surface area contributed by atoms with Gasteiger partial charge in [0, 0.05) is 6.42 Å². The zero-order valence-corrected chi connectivity index (χ0v) is 8.07. The average Bonchev–Trinajstić information content (AvgIpc) is 2.04. The number of benzene rings is 1. The predicted octanol–water partition coefficient (Wildman–Crippen LogP) is 1.80. The fourth-order valence-electron chi connectivity index (χ4n) is 1.25. The number of aliphatic hydroxyl groups is 2. The van der Waals surface area contributed by atoms with E-state index in [0.29, 0.717) is 6.42 Å². The van der Waals surface area contributed by atoms with Gasteiger partial charge in [-0.25, -0.2) is 0 Å². The zero-order chi connectivity index (χ0) is 9.84. The third-order valence-corrected chi connectivity index (χ3v) is 2.03. The maximum Gasteiger partial charge on any atom is 0.0814 e. The van der Waals surface area contributed by atoms with Crippen LogP contribution in [-0.4, -0.2) is 16.3 Å². The Kier molecular flexibility index (Phi) is 3.46. The predicted molar refractivity (Wildman–Crippen MR) is 52.4 cm³/mol. The maximum absolute atomic E-state index is 9.62. The number of hydrogen-bond donors (Lipinski definition) is 2.